The number of hydrogen-bond acceptors (Lipinski definition) is 8. The zero-order chi connectivity index (χ0) is 26.0. The third kappa shape index (κ3) is 8.30. The Morgan fingerprint density at radius 2 is 2.11 bits per heavy atom. The number of nitrogens with zero attached hydrogens (tertiary/aromatic N) is 6. The third-order valence-electron chi connectivity index (χ3n) is 4.61. The minimum Gasteiger partial charge on any atom is -0.443 e. The zero-order valence-electron chi connectivity index (χ0n) is 21.4. The summed E-state index contributed by atoms with van der Waals surface area (Å²) in [5.74, 6) is 0. The molecule has 3 rings (SSSR count). The van der Waals surface area contributed by atoms with Gasteiger partial charge in [-0.05, 0) is 40.0 Å². The minimum absolute atomic E-state index is 0.213. The van der Waals surface area contributed by atoms with Crippen molar-refractivity contribution in [3.63, 3.8) is 0 Å². The number of thiazole rings is 1. The van der Waals surface area contributed by atoms with Crippen LogP contribution in [0.5, 0.6) is 0 Å². The quantitative estimate of drug-likeness (QED) is 0.289. The smallest absolute Gasteiger partial charge is 0.417 e. The van der Waals surface area contributed by atoms with Crippen molar-refractivity contribution in [2.45, 2.75) is 52.8 Å². The summed E-state index contributed by atoms with van der Waals surface area (Å²) in [5, 5.41) is 8.30. The van der Waals surface area contributed by atoms with Crippen LogP contribution in [0.2, 0.25) is 0 Å². The molecule has 0 aromatic carbocycles. The number of hydroxylamine groups is 2. The average Bonchev–Trinajstić information content (AvgIpc) is 3.50. The Hall–Kier alpha value is -3.02. The number of hydrogen-bond donors (Lipinski definition) is 0. The zero-order valence-corrected chi connectivity index (χ0v) is 22.2. The van der Waals surface area contributed by atoms with Crippen LogP contribution < -0.4 is 4.90 Å². The molecule has 2 aromatic rings. The van der Waals surface area contributed by atoms with Gasteiger partial charge in [0, 0.05) is 30.9 Å². The second kappa shape index (κ2) is 13.2. The van der Waals surface area contributed by atoms with Crippen molar-refractivity contribution in [2.75, 3.05) is 31.6 Å². The highest BCUT2D eigenvalue weighted by Crippen LogP contribution is 2.23. The molecule has 0 saturated heterocycles. The SMILES string of the molecule is C=CCON(C=O)C1C=C(n2ccc(CN(C(=O)OC(C)(C)C)c3nccs3)n2)CN(C)C1.CC. The highest BCUT2D eigenvalue weighted by molar-refractivity contribution is 7.13. The fraction of sp³-hybridized carbons (Fsp3) is 0.500. The molecular weight excluding hydrogens is 468 g/mol. The minimum atomic E-state index is -0.628. The molecule has 0 aliphatic carbocycles. The molecule has 1 aliphatic heterocycles. The topological polar surface area (TPSA) is 93.0 Å². The van der Waals surface area contributed by atoms with Crippen LogP contribution >= 0.6 is 11.3 Å². The summed E-state index contributed by atoms with van der Waals surface area (Å²) in [6.07, 6.45) is 7.22. The summed E-state index contributed by atoms with van der Waals surface area (Å²) in [5.41, 5.74) is 0.945. The second-order valence-corrected chi connectivity index (χ2v) is 9.48. The number of amides is 2. The van der Waals surface area contributed by atoms with Crippen molar-refractivity contribution >= 4 is 34.7 Å². The van der Waals surface area contributed by atoms with Crippen molar-refractivity contribution in [3.8, 4) is 0 Å². The van der Waals surface area contributed by atoms with Crippen LogP contribution in [0.4, 0.5) is 9.93 Å². The van der Waals surface area contributed by atoms with Crippen molar-refractivity contribution in [1.29, 1.82) is 0 Å². The van der Waals surface area contributed by atoms with Gasteiger partial charge in [0.2, 0.25) is 6.41 Å². The Bertz CT molecular complexity index is 983. The van der Waals surface area contributed by atoms with Crippen molar-refractivity contribution in [2.24, 2.45) is 0 Å². The second-order valence-electron chi connectivity index (χ2n) is 8.60. The van der Waals surface area contributed by atoms with Gasteiger partial charge >= 0.3 is 6.09 Å². The summed E-state index contributed by atoms with van der Waals surface area (Å²) in [4.78, 5) is 37.6. The van der Waals surface area contributed by atoms with Crippen LogP contribution in [0, 0.1) is 0 Å². The van der Waals surface area contributed by atoms with E-state index >= 15 is 0 Å². The lowest BCUT2D eigenvalue weighted by molar-refractivity contribution is -0.177. The number of ether oxygens (including phenoxy) is 1. The number of anilines is 1. The Morgan fingerprint density at radius 3 is 2.71 bits per heavy atom. The lowest BCUT2D eigenvalue weighted by atomic mass is 10.1. The molecule has 0 radical (unpaired) electrons. The van der Waals surface area contributed by atoms with E-state index < -0.39 is 11.7 Å². The monoisotopic (exact) mass is 504 g/mol. The number of carbonyl (C=O) groups excluding carboxylic acids is 2. The van der Waals surface area contributed by atoms with Gasteiger partial charge in [0.15, 0.2) is 5.13 Å². The third-order valence-corrected chi connectivity index (χ3v) is 5.40. The van der Waals surface area contributed by atoms with Crippen molar-refractivity contribution < 1.29 is 19.2 Å². The Morgan fingerprint density at radius 1 is 1.37 bits per heavy atom. The summed E-state index contributed by atoms with van der Waals surface area (Å²) >= 11 is 1.35. The van der Waals surface area contributed by atoms with E-state index in [-0.39, 0.29) is 19.2 Å². The lowest BCUT2D eigenvalue weighted by Crippen LogP contribution is -2.45. The molecule has 35 heavy (non-hydrogen) atoms. The first kappa shape index (κ1) is 28.2. The average molecular weight is 505 g/mol. The Balaban J connectivity index is 0.00000210. The lowest BCUT2D eigenvalue weighted by Gasteiger charge is -2.33. The number of likely N-dealkylation sites (N-methyl/N-ethyl adjacent to an activating group) is 1. The first-order chi connectivity index (χ1) is 16.7. The van der Waals surface area contributed by atoms with Gasteiger partial charge in [-0.25, -0.2) is 24.4 Å². The van der Waals surface area contributed by atoms with E-state index in [2.05, 4.69) is 21.6 Å². The normalized spacial score (nSPS) is 15.9. The Labute approximate surface area is 211 Å². The predicted molar refractivity (Wildman–Crippen MR) is 138 cm³/mol. The fourth-order valence-electron chi connectivity index (χ4n) is 3.28. The van der Waals surface area contributed by atoms with E-state index in [1.54, 1.807) is 22.3 Å². The molecule has 3 heterocycles. The van der Waals surface area contributed by atoms with Gasteiger partial charge in [0.25, 0.3) is 0 Å². The maximum absolute atomic E-state index is 12.8. The summed E-state index contributed by atoms with van der Waals surface area (Å²) in [6, 6.07) is 1.58. The molecule has 1 aliphatic rings. The van der Waals surface area contributed by atoms with Crippen LogP contribution in [0.15, 0.2) is 42.6 Å². The molecular formula is C24H36N6O4S. The van der Waals surface area contributed by atoms with Gasteiger partial charge in [-0.3, -0.25) is 14.5 Å². The highest BCUT2D eigenvalue weighted by atomic mass is 32.1. The molecule has 11 heteroatoms. The number of aromatic nitrogens is 3. The molecule has 1 unspecified atom stereocenters. The largest absolute Gasteiger partial charge is 0.443 e. The number of rotatable bonds is 9. The first-order valence-corrected chi connectivity index (χ1v) is 12.4. The van der Waals surface area contributed by atoms with Crippen LogP contribution in [-0.4, -0.2) is 75.6 Å². The summed E-state index contributed by atoms with van der Waals surface area (Å²) < 4.78 is 7.31. The van der Waals surface area contributed by atoms with E-state index in [9.17, 15) is 9.59 Å². The van der Waals surface area contributed by atoms with E-state index in [0.717, 1.165) is 5.70 Å². The van der Waals surface area contributed by atoms with Crippen molar-refractivity contribution in [3.05, 3.63) is 48.3 Å². The number of carbonyl (C=O) groups is 2. The van der Waals surface area contributed by atoms with Crippen molar-refractivity contribution in [1.82, 2.24) is 24.7 Å². The van der Waals surface area contributed by atoms with Gasteiger partial charge in [-0.15, -0.1) is 17.9 Å². The maximum Gasteiger partial charge on any atom is 0.417 e. The van der Waals surface area contributed by atoms with E-state index in [1.165, 1.54) is 21.3 Å². The molecule has 0 bridgehead atoms. The van der Waals surface area contributed by atoms with Crippen LogP contribution in [0.3, 0.4) is 0 Å². The molecule has 0 N–H and O–H groups in total. The standard InChI is InChI=1S/C22H30N6O4S.C2H6/c1-6-10-31-28(16-29)19-12-18(14-25(5)15-19)27-9-7-17(24-27)13-26(20-23-8-11-33-20)21(30)32-22(2,3)4;1-2/h6-9,11-12,16,19H,1,10,13-15H2,2-5H3;1-2H3. The van der Waals surface area contributed by atoms with E-state index in [4.69, 9.17) is 9.57 Å². The van der Waals surface area contributed by atoms with E-state index in [0.29, 0.717) is 30.3 Å². The summed E-state index contributed by atoms with van der Waals surface area (Å²) in [6.45, 7) is 14.8. The molecule has 0 saturated carbocycles. The first-order valence-electron chi connectivity index (χ1n) is 11.5. The molecule has 0 spiro atoms. The van der Waals surface area contributed by atoms with Crippen LogP contribution in [0.25, 0.3) is 5.70 Å². The fourth-order valence-corrected chi connectivity index (χ4v) is 3.91. The highest BCUT2D eigenvalue weighted by Gasteiger charge is 2.27. The van der Waals surface area contributed by atoms with Gasteiger partial charge in [0.05, 0.1) is 30.6 Å². The molecule has 192 valence electrons. The van der Waals surface area contributed by atoms with Crippen LogP contribution in [-0.2, 0) is 20.9 Å². The molecule has 10 nitrogen and oxygen atoms in total. The molecule has 1 atom stereocenters. The molecule has 2 amide bonds. The van der Waals surface area contributed by atoms with Gasteiger partial charge in [-0.1, -0.05) is 19.9 Å². The maximum atomic E-state index is 12.8. The van der Waals surface area contributed by atoms with Crippen LogP contribution in [0.1, 0.15) is 40.3 Å². The molecule has 2 aromatic heterocycles. The molecule has 0 fully saturated rings. The van der Waals surface area contributed by atoms with Gasteiger partial charge in [0.1, 0.15) is 5.60 Å². The summed E-state index contributed by atoms with van der Waals surface area (Å²) in [7, 11) is 1.97. The van der Waals surface area contributed by atoms with Gasteiger partial charge in [-0.2, -0.15) is 5.10 Å². The van der Waals surface area contributed by atoms with E-state index in [1.807, 2.05) is 60.0 Å². The van der Waals surface area contributed by atoms with Gasteiger partial charge < -0.3 is 4.74 Å². The predicted octanol–water partition coefficient (Wildman–Crippen LogP) is 4.04. The Kier molecular flexibility index (Phi) is 10.6.